The van der Waals surface area contributed by atoms with E-state index in [1.54, 1.807) is 0 Å². The molecule has 0 bridgehead atoms. The quantitative estimate of drug-likeness (QED) is 0.123. The molecule has 17 heteroatoms. The van der Waals surface area contributed by atoms with E-state index < -0.39 is 96.9 Å². The van der Waals surface area contributed by atoms with Gasteiger partial charge in [-0.1, -0.05) is 0 Å². The Bertz CT molecular complexity index is 1570. The fourth-order valence-electron chi connectivity index (χ4n) is 5.03. The van der Waals surface area contributed by atoms with Crippen LogP contribution in [0.25, 0.3) is 22.3 Å². The number of fused-ring (bicyclic) bond motifs is 1. The van der Waals surface area contributed by atoms with Gasteiger partial charge in [0.05, 0.1) is 20.3 Å². The lowest BCUT2D eigenvalue weighted by atomic mass is 9.98. The average molecular weight is 641 g/mol. The molecule has 45 heavy (non-hydrogen) atoms. The van der Waals surface area contributed by atoms with Crippen LogP contribution in [0, 0.1) is 0 Å². The van der Waals surface area contributed by atoms with Crippen molar-refractivity contribution in [3.63, 3.8) is 0 Å². The minimum atomic E-state index is -1.85. The SMILES string of the molecule is COc1cc(-c2oc3cc(O[C@@H]4O[C@H](CO[C@@H]5O[C@H](CO)[C@@H](O)[C@H](O)[C@H]5O)[C@@H](O)[C@H](O)[C@H]4O)cc(O)c3c(=O)c2O)ccc1O. The van der Waals surface area contributed by atoms with E-state index in [0.717, 1.165) is 12.1 Å². The lowest BCUT2D eigenvalue weighted by molar-refractivity contribution is -0.323. The molecule has 2 aliphatic rings. The molecule has 10 atom stereocenters. The molecule has 2 aromatic carbocycles. The Morgan fingerprint density at radius 3 is 2.09 bits per heavy atom. The highest BCUT2D eigenvalue weighted by molar-refractivity contribution is 5.88. The first-order valence-corrected chi connectivity index (χ1v) is 13.5. The van der Waals surface area contributed by atoms with Crippen LogP contribution in [0.3, 0.4) is 0 Å². The molecule has 2 saturated heterocycles. The summed E-state index contributed by atoms with van der Waals surface area (Å²) in [5.41, 5.74) is -1.14. The van der Waals surface area contributed by atoms with E-state index in [2.05, 4.69) is 0 Å². The fourth-order valence-corrected chi connectivity index (χ4v) is 5.03. The van der Waals surface area contributed by atoms with Gasteiger partial charge in [-0.25, -0.2) is 0 Å². The van der Waals surface area contributed by atoms with Gasteiger partial charge in [-0.15, -0.1) is 0 Å². The molecule has 1 aromatic heterocycles. The van der Waals surface area contributed by atoms with E-state index >= 15 is 0 Å². The van der Waals surface area contributed by atoms with Gasteiger partial charge >= 0.3 is 0 Å². The normalized spacial score (nSPS) is 32.0. The number of aliphatic hydroxyl groups is 7. The number of aliphatic hydroxyl groups excluding tert-OH is 7. The monoisotopic (exact) mass is 640 g/mol. The molecular formula is C28H32O17. The summed E-state index contributed by atoms with van der Waals surface area (Å²) in [6.07, 6.45) is -16.6. The van der Waals surface area contributed by atoms with Crippen molar-refractivity contribution in [3.8, 4) is 40.1 Å². The van der Waals surface area contributed by atoms with Gasteiger partial charge in [-0.2, -0.15) is 0 Å². The summed E-state index contributed by atoms with van der Waals surface area (Å²) in [7, 11) is 1.29. The number of rotatable bonds is 8. The molecule has 2 aliphatic heterocycles. The van der Waals surface area contributed by atoms with E-state index in [0.29, 0.717) is 0 Å². The number of hydrogen-bond acceptors (Lipinski definition) is 17. The van der Waals surface area contributed by atoms with Crippen LogP contribution in [-0.2, 0) is 14.2 Å². The van der Waals surface area contributed by atoms with Crippen molar-refractivity contribution in [2.45, 2.75) is 61.4 Å². The van der Waals surface area contributed by atoms with Gasteiger partial charge in [0.1, 0.15) is 71.3 Å². The van der Waals surface area contributed by atoms with E-state index in [1.165, 1.54) is 25.3 Å². The van der Waals surface area contributed by atoms with Gasteiger partial charge in [0.15, 0.2) is 23.5 Å². The molecule has 0 amide bonds. The standard InChI is InChI=1S/C28H32O17/c1-40-13-4-9(2-3-11(13)30)26-23(37)20(34)17-12(31)5-10(6-14(17)43-26)42-28-25(39)22(36)19(33)16(45-28)8-41-27-24(38)21(35)18(32)15(7-29)44-27/h2-6,15-16,18-19,21-22,24-25,27-33,35-39H,7-8H2,1H3/t15-,16-,18-,19-,21+,22+,24-,25-,27-,28-/m1/s1. The van der Waals surface area contributed by atoms with Crippen molar-refractivity contribution < 1.29 is 79.2 Å². The van der Waals surface area contributed by atoms with Crippen molar-refractivity contribution >= 4 is 11.0 Å². The molecular weight excluding hydrogens is 608 g/mol. The van der Waals surface area contributed by atoms with Gasteiger partial charge in [-0.3, -0.25) is 4.79 Å². The number of phenols is 2. The van der Waals surface area contributed by atoms with Crippen molar-refractivity contribution in [1.29, 1.82) is 0 Å². The number of phenolic OH excluding ortho intramolecular Hbond substituents is 2. The first kappa shape index (κ1) is 32.6. The van der Waals surface area contributed by atoms with Gasteiger partial charge in [0, 0.05) is 17.7 Å². The molecule has 0 radical (unpaired) electrons. The first-order valence-electron chi connectivity index (χ1n) is 13.5. The molecule has 0 spiro atoms. The predicted octanol–water partition coefficient (Wildman–Crippen LogP) is -2.41. The van der Waals surface area contributed by atoms with Crippen LogP contribution in [0.5, 0.6) is 28.7 Å². The van der Waals surface area contributed by atoms with Crippen LogP contribution < -0.4 is 14.9 Å². The summed E-state index contributed by atoms with van der Waals surface area (Å²) < 4.78 is 32.6. The Hall–Kier alpha value is -3.75. The Kier molecular flexibility index (Phi) is 9.38. The molecule has 10 N–H and O–H groups in total. The van der Waals surface area contributed by atoms with Crippen LogP contribution in [0.1, 0.15) is 0 Å². The lowest BCUT2D eigenvalue weighted by Gasteiger charge is -2.42. The Morgan fingerprint density at radius 2 is 1.42 bits per heavy atom. The van der Waals surface area contributed by atoms with Crippen LogP contribution in [0.2, 0.25) is 0 Å². The molecule has 0 aliphatic carbocycles. The number of hydrogen-bond donors (Lipinski definition) is 10. The van der Waals surface area contributed by atoms with Crippen LogP contribution >= 0.6 is 0 Å². The zero-order valence-electron chi connectivity index (χ0n) is 23.4. The lowest BCUT2D eigenvalue weighted by Crippen LogP contribution is -2.62. The summed E-state index contributed by atoms with van der Waals surface area (Å²) in [4.78, 5) is 12.9. The predicted molar refractivity (Wildman–Crippen MR) is 146 cm³/mol. The highest BCUT2D eigenvalue weighted by atomic mass is 16.7. The summed E-state index contributed by atoms with van der Waals surface area (Å²) in [5.74, 6) is -2.31. The van der Waals surface area contributed by atoms with E-state index in [-0.39, 0.29) is 34.2 Å². The third kappa shape index (κ3) is 6.10. The number of benzene rings is 2. The Labute approximate surface area is 252 Å². The topological polar surface area (TPSA) is 279 Å². The molecule has 5 rings (SSSR count). The average Bonchev–Trinajstić information content (AvgIpc) is 3.02. The van der Waals surface area contributed by atoms with E-state index in [9.17, 15) is 55.9 Å². The van der Waals surface area contributed by atoms with Gasteiger partial charge in [0.25, 0.3) is 0 Å². The highest BCUT2D eigenvalue weighted by Gasteiger charge is 2.48. The minimum absolute atomic E-state index is 0.0174. The zero-order valence-corrected chi connectivity index (χ0v) is 23.4. The number of ether oxygens (including phenoxy) is 5. The minimum Gasteiger partial charge on any atom is -0.507 e. The smallest absolute Gasteiger partial charge is 0.238 e. The largest absolute Gasteiger partial charge is 0.507 e. The number of aromatic hydroxyl groups is 3. The van der Waals surface area contributed by atoms with Crippen LogP contribution in [0.15, 0.2) is 39.5 Å². The third-order valence-electron chi connectivity index (χ3n) is 7.56. The van der Waals surface area contributed by atoms with Crippen molar-refractivity contribution in [3.05, 3.63) is 40.6 Å². The maximum atomic E-state index is 12.9. The summed E-state index contributed by atoms with van der Waals surface area (Å²) >= 11 is 0. The molecule has 3 aromatic rings. The van der Waals surface area contributed by atoms with Crippen molar-refractivity contribution in [1.82, 2.24) is 0 Å². The van der Waals surface area contributed by atoms with E-state index in [4.69, 9.17) is 28.1 Å². The molecule has 246 valence electrons. The second-order valence-corrected chi connectivity index (χ2v) is 10.5. The molecule has 0 unspecified atom stereocenters. The third-order valence-corrected chi connectivity index (χ3v) is 7.56. The first-order chi connectivity index (χ1) is 21.4. The molecule has 17 nitrogen and oxygen atoms in total. The van der Waals surface area contributed by atoms with Gasteiger partial charge in [0.2, 0.25) is 17.5 Å². The molecule has 3 heterocycles. The summed E-state index contributed by atoms with van der Waals surface area (Å²) in [6, 6.07) is 5.96. The van der Waals surface area contributed by atoms with Crippen molar-refractivity contribution in [2.75, 3.05) is 20.3 Å². The Morgan fingerprint density at radius 1 is 0.778 bits per heavy atom. The van der Waals surface area contributed by atoms with E-state index in [1.807, 2.05) is 0 Å². The molecule has 2 fully saturated rings. The van der Waals surface area contributed by atoms with Gasteiger partial charge < -0.3 is 79.2 Å². The second-order valence-electron chi connectivity index (χ2n) is 10.5. The Balaban J connectivity index is 1.39. The van der Waals surface area contributed by atoms with Crippen LogP contribution in [0.4, 0.5) is 0 Å². The highest BCUT2D eigenvalue weighted by Crippen LogP contribution is 2.39. The second kappa shape index (κ2) is 12.9. The summed E-state index contributed by atoms with van der Waals surface area (Å²) in [6.45, 7) is -1.32. The van der Waals surface area contributed by atoms with Gasteiger partial charge in [-0.05, 0) is 18.2 Å². The summed E-state index contributed by atoms with van der Waals surface area (Å²) in [5, 5.41) is 102. The zero-order chi connectivity index (χ0) is 32.7. The molecule has 0 saturated carbocycles. The number of methoxy groups -OCH3 is 1. The maximum Gasteiger partial charge on any atom is 0.238 e. The van der Waals surface area contributed by atoms with Crippen molar-refractivity contribution in [2.24, 2.45) is 0 Å². The maximum absolute atomic E-state index is 12.9. The van der Waals surface area contributed by atoms with Crippen LogP contribution in [-0.4, -0.2) is 133 Å². The fraction of sp³-hybridized carbons (Fsp3) is 0.464.